The minimum atomic E-state index is 0.149. The molecule has 102 valence electrons. The van der Waals surface area contributed by atoms with Crippen LogP contribution in [0.25, 0.3) is 0 Å². The second-order valence-corrected chi connectivity index (χ2v) is 4.96. The zero-order chi connectivity index (χ0) is 13.7. The lowest BCUT2D eigenvalue weighted by Gasteiger charge is -2.13. The number of anilines is 1. The molecule has 1 unspecified atom stereocenters. The number of rotatable bonds is 6. The fourth-order valence-corrected chi connectivity index (χ4v) is 2.11. The van der Waals surface area contributed by atoms with E-state index in [1.165, 1.54) is 5.56 Å². The highest BCUT2D eigenvalue weighted by Gasteiger charge is 2.05. The van der Waals surface area contributed by atoms with Gasteiger partial charge in [0.15, 0.2) is 0 Å². The lowest BCUT2D eigenvalue weighted by atomic mass is 10.1. The molecule has 0 saturated carbocycles. The number of aryl methyl sites for hydroxylation is 3. The van der Waals surface area contributed by atoms with E-state index in [0.29, 0.717) is 0 Å². The first kappa shape index (κ1) is 13.6. The molecular weight excluding hydrogens is 236 g/mol. The van der Waals surface area contributed by atoms with E-state index in [9.17, 15) is 0 Å². The molecule has 1 aromatic heterocycles. The van der Waals surface area contributed by atoms with Gasteiger partial charge in [-0.15, -0.1) is 0 Å². The van der Waals surface area contributed by atoms with Crippen molar-refractivity contribution in [3.05, 3.63) is 47.7 Å². The smallest absolute Gasteiger partial charge is 0.124 e. The highest BCUT2D eigenvalue weighted by Crippen LogP contribution is 2.09. The summed E-state index contributed by atoms with van der Waals surface area (Å²) in [7, 11) is 1.94. The second kappa shape index (κ2) is 6.38. The topological polar surface area (TPSA) is 55.9 Å². The van der Waals surface area contributed by atoms with Gasteiger partial charge in [0.2, 0.25) is 0 Å². The van der Waals surface area contributed by atoms with Crippen LogP contribution in [0.5, 0.6) is 0 Å². The van der Waals surface area contributed by atoms with Crippen molar-refractivity contribution in [2.75, 3.05) is 11.9 Å². The van der Waals surface area contributed by atoms with E-state index in [1.54, 1.807) is 0 Å². The Bertz CT molecular complexity index is 504. The highest BCUT2D eigenvalue weighted by molar-refractivity contribution is 5.36. The summed E-state index contributed by atoms with van der Waals surface area (Å²) >= 11 is 0. The van der Waals surface area contributed by atoms with E-state index in [2.05, 4.69) is 34.7 Å². The Labute approximate surface area is 114 Å². The van der Waals surface area contributed by atoms with Crippen molar-refractivity contribution in [1.82, 2.24) is 9.78 Å². The molecule has 4 heteroatoms. The van der Waals surface area contributed by atoms with Gasteiger partial charge < -0.3 is 11.1 Å². The molecule has 0 fully saturated rings. The molecule has 0 radical (unpaired) electrons. The molecule has 0 saturated heterocycles. The van der Waals surface area contributed by atoms with Crippen LogP contribution in [0.15, 0.2) is 36.4 Å². The summed E-state index contributed by atoms with van der Waals surface area (Å²) < 4.78 is 1.85. The van der Waals surface area contributed by atoms with Gasteiger partial charge in [0, 0.05) is 25.7 Å². The molecule has 0 spiro atoms. The van der Waals surface area contributed by atoms with Crippen LogP contribution in [0.4, 0.5) is 5.82 Å². The Morgan fingerprint density at radius 2 is 2.05 bits per heavy atom. The molecule has 1 atom stereocenters. The van der Waals surface area contributed by atoms with Crippen LogP contribution in [0.3, 0.4) is 0 Å². The fraction of sp³-hybridized carbons (Fsp3) is 0.400. The largest absolute Gasteiger partial charge is 0.369 e. The van der Waals surface area contributed by atoms with Gasteiger partial charge in [0.05, 0.1) is 5.69 Å². The molecule has 0 aliphatic carbocycles. The summed E-state index contributed by atoms with van der Waals surface area (Å²) in [4.78, 5) is 0. The van der Waals surface area contributed by atoms with E-state index in [4.69, 9.17) is 5.73 Å². The van der Waals surface area contributed by atoms with Crippen LogP contribution in [0.2, 0.25) is 0 Å². The molecule has 2 aromatic rings. The summed E-state index contributed by atoms with van der Waals surface area (Å²) in [5.41, 5.74) is 8.49. The van der Waals surface area contributed by atoms with Crippen molar-refractivity contribution >= 4 is 5.82 Å². The van der Waals surface area contributed by atoms with Crippen LogP contribution >= 0.6 is 0 Å². The average molecular weight is 258 g/mol. The molecule has 1 heterocycles. The number of hydrogen-bond acceptors (Lipinski definition) is 3. The zero-order valence-corrected chi connectivity index (χ0v) is 11.6. The lowest BCUT2D eigenvalue weighted by molar-refractivity contribution is 0.633. The monoisotopic (exact) mass is 258 g/mol. The molecule has 0 aliphatic heterocycles. The third-order valence-electron chi connectivity index (χ3n) is 3.19. The van der Waals surface area contributed by atoms with Crippen molar-refractivity contribution in [2.45, 2.75) is 25.8 Å². The number of benzene rings is 1. The van der Waals surface area contributed by atoms with Crippen molar-refractivity contribution < 1.29 is 0 Å². The molecule has 3 N–H and O–H groups in total. The standard InChI is InChI=1S/C15H22N4/c1-12-10-15(19(2)18-12)17-11-14(16)9-8-13-6-4-3-5-7-13/h3-7,10,14,17H,8-9,11,16H2,1-2H3. The van der Waals surface area contributed by atoms with Gasteiger partial charge in [-0.3, -0.25) is 4.68 Å². The first-order chi connectivity index (χ1) is 9.15. The van der Waals surface area contributed by atoms with Gasteiger partial charge in [-0.25, -0.2) is 0 Å². The van der Waals surface area contributed by atoms with E-state index in [1.807, 2.05) is 30.8 Å². The molecule has 0 bridgehead atoms. The molecule has 4 nitrogen and oxygen atoms in total. The van der Waals surface area contributed by atoms with Crippen LogP contribution in [0.1, 0.15) is 17.7 Å². The maximum atomic E-state index is 6.13. The maximum Gasteiger partial charge on any atom is 0.124 e. The SMILES string of the molecule is Cc1cc(NCC(N)CCc2ccccc2)n(C)n1. The van der Waals surface area contributed by atoms with Crippen LogP contribution < -0.4 is 11.1 Å². The first-order valence-electron chi connectivity index (χ1n) is 6.69. The van der Waals surface area contributed by atoms with Crippen LogP contribution in [-0.4, -0.2) is 22.4 Å². The van der Waals surface area contributed by atoms with Gasteiger partial charge in [-0.2, -0.15) is 5.10 Å². The summed E-state index contributed by atoms with van der Waals surface area (Å²) in [6, 6.07) is 12.6. The Morgan fingerprint density at radius 3 is 2.68 bits per heavy atom. The predicted octanol–water partition coefficient (Wildman–Crippen LogP) is 2.10. The van der Waals surface area contributed by atoms with Crippen molar-refractivity contribution in [3.8, 4) is 0 Å². The first-order valence-corrected chi connectivity index (χ1v) is 6.69. The molecule has 2 rings (SSSR count). The highest BCUT2D eigenvalue weighted by atomic mass is 15.3. The van der Waals surface area contributed by atoms with Gasteiger partial charge >= 0.3 is 0 Å². The number of aromatic nitrogens is 2. The molecule has 0 amide bonds. The van der Waals surface area contributed by atoms with E-state index in [-0.39, 0.29) is 6.04 Å². The Morgan fingerprint density at radius 1 is 1.32 bits per heavy atom. The van der Waals surface area contributed by atoms with Crippen molar-refractivity contribution in [3.63, 3.8) is 0 Å². The van der Waals surface area contributed by atoms with Gasteiger partial charge in [0.25, 0.3) is 0 Å². The number of nitrogens with zero attached hydrogens (tertiary/aromatic N) is 2. The second-order valence-electron chi connectivity index (χ2n) is 4.96. The predicted molar refractivity (Wildman–Crippen MR) is 79.2 cm³/mol. The Balaban J connectivity index is 1.76. The van der Waals surface area contributed by atoms with Crippen LogP contribution in [-0.2, 0) is 13.5 Å². The number of nitrogens with one attached hydrogen (secondary N) is 1. The van der Waals surface area contributed by atoms with Crippen molar-refractivity contribution in [2.24, 2.45) is 12.8 Å². The number of nitrogens with two attached hydrogens (primary N) is 1. The van der Waals surface area contributed by atoms with Gasteiger partial charge in [-0.05, 0) is 25.3 Å². The quantitative estimate of drug-likeness (QED) is 0.834. The molecule has 1 aromatic carbocycles. The van der Waals surface area contributed by atoms with E-state index < -0.39 is 0 Å². The zero-order valence-electron chi connectivity index (χ0n) is 11.6. The lowest BCUT2D eigenvalue weighted by Crippen LogP contribution is -2.30. The van der Waals surface area contributed by atoms with Crippen molar-refractivity contribution in [1.29, 1.82) is 0 Å². The van der Waals surface area contributed by atoms with Gasteiger partial charge in [0.1, 0.15) is 5.82 Å². The van der Waals surface area contributed by atoms with Crippen LogP contribution in [0, 0.1) is 6.92 Å². The van der Waals surface area contributed by atoms with E-state index in [0.717, 1.165) is 30.9 Å². The third-order valence-corrected chi connectivity index (χ3v) is 3.19. The minimum Gasteiger partial charge on any atom is -0.369 e. The summed E-state index contributed by atoms with van der Waals surface area (Å²) in [5, 5.41) is 7.64. The third kappa shape index (κ3) is 4.10. The number of hydrogen-bond donors (Lipinski definition) is 2. The normalized spacial score (nSPS) is 12.4. The Kier molecular flexibility index (Phi) is 4.58. The summed E-state index contributed by atoms with van der Waals surface area (Å²) in [5.74, 6) is 1.02. The maximum absolute atomic E-state index is 6.13. The average Bonchev–Trinajstić information content (AvgIpc) is 2.73. The summed E-state index contributed by atoms with van der Waals surface area (Å²) in [6.45, 7) is 2.76. The Hall–Kier alpha value is -1.81. The molecule has 0 aliphatic rings. The fourth-order valence-electron chi connectivity index (χ4n) is 2.11. The molecular formula is C15H22N4. The van der Waals surface area contributed by atoms with Gasteiger partial charge in [-0.1, -0.05) is 30.3 Å². The van der Waals surface area contributed by atoms with E-state index >= 15 is 0 Å². The molecule has 19 heavy (non-hydrogen) atoms. The summed E-state index contributed by atoms with van der Waals surface area (Å²) in [6.07, 6.45) is 2.00. The minimum absolute atomic E-state index is 0.149.